The fraction of sp³-hybridized carbons (Fsp3) is 0.562. The van der Waals surface area contributed by atoms with E-state index in [4.69, 9.17) is 4.74 Å². The second-order valence-corrected chi connectivity index (χ2v) is 6.62. The number of aliphatic hydroxyl groups excluding tert-OH is 1. The number of fused-ring (bicyclic) bond motifs is 5. The molecule has 3 unspecified atom stereocenters. The first-order valence-electron chi connectivity index (χ1n) is 7.17. The third-order valence-corrected chi connectivity index (χ3v) is 4.01. The number of hydrogen-bond donors (Lipinski definition) is 1. The van der Waals surface area contributed by atoms with E-state index in [0.717, 1.165) is 24.0 Å². The van der Waals surface area contributed by atoms with Gasteiger partial charge in [0.2, 0.25) is 0 Å². The van der Waals surface area contributed by atoms with Gasteiger partial charge in [-0.2, -0.15) is 0 Å². The molecule has 0 radical (unpaired) electrons. The maximum atomic E-state index is 12.5. The summed E-state index contributed by atoms with van der Waals surface area (Å²) >= 11 is 0. The average molecular weight is 275 g/mol. The molecule has 1 aromatic rings. The number of carbonyl (C=O) groups is 1. The second-order valence-electron chi connectivity index (χ2n) is 6.62. The molecule has 0 aromatic heterocycles. The minimum atomic E-state index is -0.523. The van der Waals surface area contributed by atoms with Crippen molar-refractivity contribution in [2.45, 2.75) is 57.4 Å². The van der Waals surface area contributed by atoms with Crippen molar-refractivity contribution in [3.8, 4) is 0 Å². The van der Waals surface area contributed by atoms with Crippen LogP contribution in [0.3, 0.4) is 0 Å². The van der Waals surface area contributed by atoms with Crippen LogP contribution in [0.25, 0.3) is 0 Å². The number of ether oxygens (including phenoxy) is 1. The van der Waals surface area contributed by atoms with Crippen LogP contribution in [-0.2, 0) is 4.74 Å². The summed E-state index contributed by atoms with van der Waals surface area (Å²) < 4.78 is 5.51. The Labute approximate surface area is 119 Å². The first kappa shape index (κ1) is 13.4. The van der Waals surface area contributed by atoms with E-state index < -0.39 is 11.7 Å². The van der Waals surface area contributed by atoms with Gasteiger partial charge in [0.15, 0.2) is 0 Å². The van der Waals surface area contributed by atoms with E-state index in [-0.39, 0.29) is 18.2 Å². The quantitative estimate of drug-likeness (QED) is 0.791. The molecule has 2 heterocycles. The number of piperidine rings is 1. The van der Waals surface area contributed by atoms with Gasteiger partial charge in [-0.15, -0.1) is 0 Å². The maximum absolute atomic E-state index is 12.5. The normalized spacial score (nSPS) is 28.2. The zero-order chi connectivity index (χ0) is 14.5. The Morgan fingerprint density at radius 3 is 2.55 bits per heavy atom. The lowest BCUT2D eigenvalue weighted by Gasteiger charge is -2.38. The van der Waals surface area contributed by atoms with Crippen LogP contribution >= 0.6 is 0 Å². The molecule has 2 aliphatic rings. The SMILES string of the molecule is CC(C)(C)OC(=O)N1C2CCC(O)C1c1ccccc12. The molecule has 1 saturated heterocycles. The summed E-state index contributed by atoms with van der Waals surface area (Å²) in [6.07, 6.45) is 0.668. The van der Waals surface area contributed by atoms with Gasteiger partial charge >= 0.3 is 6.09 Å². The zero-order valence-corrected chi connectivity index (χ0v) is 12.2. The van der Waals surface area contributed by atoms with Crippen molar-refractivity contribution in [3.05, 3.63) is 35.4 Å². The maximum Gasteiger partial charge on any atom is 0.411 e. The van der Waals surface area contributed by atoms with Crippen LogP contribution in [-0.4, -0.2) is 27.8 Å². The summed E-state index contributed by atoms with van der Waals surface area (Å²) in [4.78, 5) is 14.2. The molecule has 0 spiro atoms. The number of aliphatic hydroxyl groups is 1. The van der Waals surface area contributed by atoms with Gasteiger partial charge < -0.3 is 9.84 Å². The van der Waals surface area contributed by atoms with Crippen LogP contribution in [0.4, 0.5) is 4.79 Å². The molecular formula is C16H21NO3. The van der Waals surface area contributed by atoms with E-state index in [1.165, 1.54) is 0 Å². The van der Waals surface area contributed by atoms with E-state index in [1.54, 1.807) is 4.90 Å². The lowest BCUT2D eigenvalue weighted by Crippen LogP contribution is -2.44. The highest BCUT2D eigenvalue weighted by atomic mass is 16.6. The smallest absolute Gasteiger partial charge is 0.411 e. The lowest BCUT2D eigenvalue weighted by molar-refractivity contribution is -0.0347. The van der Waals surface area contributed by atoms with Gasteiger partial charge in [-0.3, -0.25) is 4.90 Å². The van der Waals surface area contributed by atoms with Crippen molar-refractivity contribution in [2.24, 2.45) is 0 Å². The molecule has 3 rings (SSSR count). The Morgan fingerprint density at radius 1 is 1.25 bits per heavy atom. The Balaban J connectivity index is 1.96. The molecule has 2 bridgehead atoms. The van der Waals surface area contributed by atoms with E-state index in [1.807, 2.05) is 39.0 Å². The largest absolute Gasteiger partial charge is 0.444 e. The van der Waals surface area contributed by atoms with Crippen molar-refractivity contribution in [1.29, 1.82) is 0 Å². The van der Waals surface area contributed by atoms with Gasteiger partial charge in [0, 0.05) is 0 Å². The molecule has 4 heteroatoms. The van der Waals surface area contributed by atoms with E-state index in [2.05, 4.69) is 6.07 Å². The predicted molar refractivity (Wildman–Crippen MR) is 75.2 cm³/mol. The number of benzene rings is 1. The topological polar surface area (TPSA) is 49.8 Å². The van der Waals surface area contributed by atoms with Gasteiger partial charge in [-0.05, 0) is 44.7 Å². The van der Waals surface area contributed by atoms with Crippen LogP contribution in [0.1, 0.15) is 56.8 Å². The van der Waals surface area contributed by atoms with Crippen molar-refractivity contribution >= 4 is 6.09 Å². The third-order valence-electron chi connectivity index (χ3n) is 4.01. The average Bonchev–Trinajstić information content (AvgIpc) is 2.62. The van der Waals surface area contributed by atoms with Gasteiger partial charge in [-0.1, -0.05) is 24.3 Å². The number of amides is 1. The monoisotopic (exact) mass is 275 g/mol. The molecule has 0 saturated carbocycles. The number of rotatable bonds is 0. The Bertz CT molecular complexity index is 535. The molecule has 20 heavy (non-hydrogen) atoms. The highest BCUT2D eigenvalue weighted by Crippen LogP contribution is 2.50. The van der Waals surface area contributed by atoms with Crippen molar-refractivity contribution < 1.29 is 14.6 Å². The Hall–Kier alpha value is -1.55. The first-order chi connectivity index (χ1) is 9.38. The second kappa shape index (κ2) is 4.48. The number of hydrogen-bond acceptors (Lipinski definition) is 3. The zero-order valence-electron chi connectivity index (χ0n) is 12.2. The molecule has 1 aromatic carbocycles. The van der Waals surface area contributed by atoms with Crippen LogP contribution in [0.5, 0.6) is 0 Å². The highest BCUT2D eigenvalue weighted by molar-refractivity contribution is 5.72. The summed E-state index contributed by atoms with van der Waals surface area (Å²) in [5.74, 6) is 0. The number of carbonyl (C=O) groups excluding carboxylic acids is 1. The van der Waals surface area contributed by atoms with E-state index >= 15 is 0 Å². The molecule has 1 fully saturated rings. The summed E-state index contributed by atoms with van der Waals surface area (Å²) in [6.45, 7) is 5.58. The Kier molecular flexibility index (Phi) is 3.01. The number of nitrogens with zero attached hydrogens (tertiary/aromatic N) is 1. The Morgan fingerprint density at radius 2 is 1.90 bits per heavy atom. The van der Waals surface area contributed by atoms with Gasteiger partial charge in [0.1, 0.15) is 5.60 Å². The molecule has 0 aliphatic carbocycles. The van der Waals surface area contributed by atoms with Crippen LogP contribution in [0.2, 0.25) is 0 Å². The van der Waals surface area contributed by atoms with Crippen LogP contribution in [0.15, 0.2) is 24.3 Å². The van der Waals surface area contributed by atoms with Gasteiger partial charge in [0.05, 0.1) is 18.2 Å². The third kappa shape index (κ3) is 2.08. The molecule has 4 nitrogen and oxygen atoms in total. The van der Waals surface area contributed by atoms with Crippen molar-refractivity contribution in [2.75, 3.05) is 0 Å². The van der Waals surface area contributed by atoms with Crippen molar-refractivity contribution in [1.82, 2.24) is 4.90 Å². The van der Waals surface area contributed by atoms with Gasteiger partial charge in [-0.25, -0.2) is 4.79 Å². The fourth-order valence-electron chi connectivity index (χ4n) is 3.31. The molecule has 2 aliphatic heterocycles. The minimum absolute atomic E-state index is 0.0365. The lowest BCUT2D eigenvalue weighted by atomic mass is 9.98. The molecule has 1 amide bonds. The summed E-state index contributed by atoms with van der Waals surface area (Å²) in [5.41, 5.74) is 1.69. The molecule has 3 atom stereocenters. The van der Waals surface area contributed by atoms with E-state index in [9.17, 15) is 9.90 Å². The van der Waals surface area contributed by atoms with E-state index in [0.29, 0.717) is 0 Å². The minimum Gasteiger partial charge on any atom is -0.444 e. The van der Waals surface area contributed by atoms with Crippen molar-refractivity contribution in [3.63, 3.8) is 0 Å². The summed E-state index contributed by atoms with van der Waals surface area (Å²) in [7, 11) is 0. The predicted octanol–water partition coefficient (Wildman–Crippen LogP) is 3.17. The van der Waals surface area contributed by atoms with Gasteiger partial charge in [0.25, 0.3) is 0 Å². The standard InChI is InChI=1S/C16H21NO3/c1-16(2,3)20-15(19)17-12-8-9-13(18)14(17)11-7-5-4-6-10(11)12/h4-7,12-14,18H,8-9H2,1-3H3. The van der Waals surface area contributed by atoms with Crippen LogP contribution in [0, 0.1) is 0 Å². The molecule has 108 valence electrons. The fourth-order valence-corrected chi connectivity index (χ4v) is 3.31. The molecule has 1 N–H and O–H groups in total. The summed E-state index contributed by atoms with van der Waals surface area (Å²) in [6, 6.07) is 7.77. The van der Waals surface area contributed by atoms with Crippen LogP contribution < -0.4 is 0 Å². The highest BCUT2D eigenvalue weighted by Gasteiger charge is 2.49. The summed E-state index contributed by atoms with van der Waals surface area (Å²) in [5, 5.41) is 10.3. The first-order valence-corrected chi connectivity index (χ1v) is 7.17. The molecular weight excluding hydrogens is 254 g/mol.